The molecule has 0 aliphatic rings. The van der Waals surface area contributed by atoms with E-state index >= 15 is 0 Å². The van der Waals surface area contributed by atoms with Gasteiger partial charge in [0.25, 0.3) is 0 Å². The molecule has 0 fully saturated rings. The van der Waals surface area contributed by atoms with Gasteiger partial charge in [-0.3, -0.25) is 0 Å². The zero-order chi connectivity index (χ0) is 13.1. The van der Waals surface area contributed by atoms with E-state index in [1.54, 1.807) is 0 Å². The fourth-order valence-corrected chi connectivity index (χ4v) is 2.74. The molecule has 0 aromatic heterocycles. The Hall–Kier alpha value is -2.26. The molecule has 19 heavy (non-hydrogen) atoms. The first-order valence-corrected chi connectivity index (χ1v) is 6.73. The Labute approximate surface area is 114 Å². The minimum atomic E-state index is 0.845. The fraction of sp³-hybridized carbons (Fsp3) is 0.158. The van der Waals surface area contributed by atoms with E-state index in [1.165, 1.54) is 27.1 Å². The highest BCUT2D eigenvalue weighted by Gasteiger charge is 2.06. The van der Waals surface area contributed by atoms with Gasteiger partial charge in [-0.05, 0) is 46.0 Å². The van der Waals surface area contributed by atoms with Crippen LogP contribution in [0.2, 0.25) is 0 Å². The normalized spacial score (nSPS) is 10.7. The molecule has 0 aliphatic carbocycles. The smallest absolute Gasteiger partial charge is 0.00892 e. The van der Waals surface area contributed by atoms with Crippen LogP contribution in [0, 0.1) is 12.3 Å². The zero-order valence-electron chi connectivity index (χ0n) is 10.9. The number of aryl methyl sites for hydroxylation is 1. The average molecular weight is 244 g/mol. The SMILES string of the molecule is C#CCCCc1c2ccccc2cc2ccccc12. The van der Waals surface area contributed by atoms with Crippen molar-refractivity contribution in [1.29, 1.82) is 0 Å². The van der Waals surface area contributed by atoms with Gasteiger partial charge in [-0.15, -0.1) is 12.3 Å². The first-order valence-electron chi connectivity index (χ1n) is 6.73. The molecule has 3 aromatic rings. The molecule has 92 valence electrons. The van der Waals surface area contributed by atoms with Crippen LogP contribution in [0.5, 0.6) is 0 Å². The second-order valence-corrected chi connectivity index (χ2v) is 4.86. The minimum absolute atomic E-state index is 0.845. The summed E-state index contributed by atoms with van der Waals surface area (Å²) >= 11 is 0. The summed E-state index contributed by atoms with van der Waals surface area (Å²) in [5, 5.41) is 5.35. The Kier molecular flexibility index (Phi) is 3.21. The van der Waals surface area contributed by atoms with Crippen molar-refractivity contribution >= 4 is 21.5 Å². The number of rotatable bonds is 3. The van der Waals surface area contributed by atoms with Crippen LogP contribution in [0.25, 0.3) is 21.5 Å². The Morgan fingerprint density at radius 1 is 0.842 bits per heavy atom. The number of terminal acetylenes is 1. The van der Waals surface area contributed by atoms with E-state index in [9.17, 15) is 0 Å². The van der Waals surface area contributed by atoms with Crippen molar-refractivity contribution in [1.82, 2.24) is 0 Å². The van der Waals surface area contributed by atoms with Crippen LogP contribution < -0.4 is 0 Å². The van der Waals surface area contributed by atoms with Crippen LogP contribution in [0.15, 0.2) is 54.6 Å². The monoisotopic (exact) mass is 244 g/mol. The van der Waals surface area contributed by atoms with Crippen molar-refractivity contribution in [2.45, 2.75) is 19.3 Å². The molecule has 0 nitrogen and oxygen atoms in total. The summed E-state index contributed by atoms with van der Waals surface area (Å²) in [5.41, 5.74) is 1.43. The van der Waals surface area contributed by atoms with Crippen molar-refractivity contribution in [3.05, 3.63) is 60.2 Å². The van der Waals surface area contributed by atoms with Crippen molar-refractivity contribution < 1.29 is 0 Å². The Bertz CT molecular complexity index is 706. The lowest BCUT2D eigenvalue weighted by atomic mass is 9.93. The standard InChI is InChI=1S/C19H16/c1-2-3-4-13-19-17-11-7-5-9-15(17)14-16-10-6-8-12-18(16)19/h1,5-12,14H,3-4,13H2. The number of fused-ring (bicyclic) bond motifs is 2. The molecule has 0 radical (unpaired) electrons. The molecule has 0 unspecified atom stereocenters. The Morgan fingerprint density at radius 2 is 1.42 bits per heavy atom. The van der Waals surface area contributed by atoms with Crippen molar-refractivity contribution in [3.8, 4) is 12.3 Å². The molecule has 3 aromatic carbocycles. The van der Waals surface area contributed by atoms with Gasteiger partial charge in [0.05, 0.1) is 0 Å². The molecule has 0 spiro atoms. The highest BCUT2D eigenvalue weighted by Crippen LogP contribution is 2.29. The molecule has 0 N–H and O–H groups in total. The topological polar surface area (TPSA) is 0 Å². The van der Waals surface area contributed by atoms with Gasteiger partial charge in [0.2, 0.25) is 0 Å². The minimum Gasteiger partial charge on any atom is -0.120 e. The number of benzene rings is 3. The van der Waals surface area contributed by atoms with Crippen LogP contribution in [-0.2, 0) is 6.42 Å². The lowest BCUT2D eigenvalue weighted by molar-refractivity contribution is 0.869. The summed E-state index contributed by atoms with van der Waals surface area (Å²) in [4.78, 5) is 0. The summed E-state index contributed by atoms with van der Waals surface area (Å²) in [7, 11) is 0. The second-order valence-electron chi connectivity index (χ2n) is 4.86. The summed E-state index contributed by atoms with van der Waals surface area (Å²) in [5.74, 6) is 2.73. The van der Waals surface area contributed by atoms with Crippen LogP contribution in [0.4, 0.5) is 0 Å². The maximum Gasteiger partial charge on any atom is 0.00892 e. The number of hydrogen-bond donors (Lipinski definition) is 0. The lowest BCUT2D eigenvalue weighted by Gasteiger charge is -2.11. The van der Waals surface area contributed by atoms with E-state index in [-0.39, 0.29) is 0 Å². The van der Waals surface area contributed by atoms with Crippen LogP contribution >= 0.6 is 0 Å². The summed E-state index contributed by atoms with van der Waals surface area (Å²) in [6, 6.07) is 19.5. The number of hydrogen-bond acceptors (Lipinski definition) is 0. The van der Waals surface area contributed by atoms with E-state index in [2.05, 4.69) is 60.5 Å². The van der Waals surface area contributed by atoms with Crippen molar-refractivity contribution in [3.63, 3.8) is 0 Å². The van der Waals surface area contributed by atoms with E-state index < -0.39 is 0 Å². The number of unbranched alkanes of at least 4 members (excludes halogenated alkanes) is 1. The van der Waals surface area contributed by atoms with Gasteiger partial charge in [-0.2, -0.15) is 0 Å². The average Bonchev–Trinajstić information content (AvgIpc) is 2.46. The first-order chi connectivity index (χ1) is 9.40. The van der Waals surface area contributed by atoms with Gasteiger partial charge in [0.1, 0.15) is 0 Å². The highest BCUT2D eigenvalue weighted by atomic mass is 14.1. The summed E-state index contributed by atoms with van der Waals surface area (Å²) in [6.45, 7) is 0. The predicted molar refractivity (Wildman–Crippen MR) is 83.2 cm³/mol. The molecule has 0 saturated heterocycles. The quantitative estimate of drug-likeness (QED) is 0.347. The summed E-state index contributed by atoms with van der Waals surface area (Å²) < 4.78 is 0. The maximum absolute atomic E-state index is 5.37. The first kappa shape index (κ1) is 11.8. The second kappa shape index (κ2) is 5.16. The molecule has 0 amide bonds. The van der Waals surface area contributed by atoms with Gasteiger partial charge in [0.15, 0.2) is 0 Å². The fourth-order valence-electron chi connectivity index (χ4n) is 2.74. The van der Waals surface area contributed by atoms with Gasteiger partial charge >= 0.3 is 0 Å². The molecule has 0 bridgehead atoms. The van der Waals surface area contributed by atoms with Gasteiger partial charge in [0, 0.05) is 6.42 Å². The van der Waals surface area contributed by atoms with Gasteiger partial charge in [-0.1, -0.05) is 48.5 Å². The van der Waals surface area contributed by atoms with Crippen LogP contribution in [0.3, 0.4) is 0 Å². The van der Waals surface area contributed by atoms with E-state index in [0.29, 0.717) is 0 Å². The molecule has 0 heterocycles. The molecular formula is C19H16. The molecule has 3 rings (SSSR count). The summed E-state index contributed by atoms with van der Waals surface area (Å²) in [6.07, 6.45) is 8.31. The van der Waals surface area contributed by atoms with Gasteiger partial charge < -0.3 is 0 Å². The lowest BCUT2D eigenvalue weighted by Crippen LogP contribution is -1.90. The molecule has 0 saturated carbocycles. The zero-order valence-corrected chi connectivity index (χ0v) is 10.9. The van der Waals surface area contributed by atoms with Gasteiger partial charge in [-0.25, -0.2) is 0 Å². The third kappa shape index (κ3) is 2.20. The van der Waals surface area contributed by atoms with Crippen LogP contribution in [-0.4, -0.2) is 0 Å². The predicted octanol–water partition coefficient (Wildman–Crippen LogP) is 4.95. The van der Waals surface area contributed by atoms with E-state index in [1.807, 2.05) is 0 Å². The van der Waals surface area contributed by atoms with E-state index in [0.717, 1.165) is 19.3 Å². The molecule has 0 heteroatoms. The molecule has 0 aliphatic heterocycles. The van der Waals surface area contributed by atoms with Crippen LogP contribution in [0.1, 0.15) is 18.4 Å². The highest BCUT2D eigenvalue weighted by molar-refractivity contribution is 6.02. The van der Waals surface area contributed by atoms with Crippen molar-refractivity contribution in [2.75, 3.05) is 0 Å². The van der Waals surface area contributed by atoms with Crippen molar-refractivity contribution in [2.24, 2.45) is 0 Å². The van der Waals surface area contributed by atoms with E-state index in [4.69, 9.17) is 6.42 Å². The third-order valence-corrected chi connectivity index (χ3v) is 3.63. The Balaban J connectivity index is 2.24. The molecular weight excluding hydrogens is 228 g/mol. The maximum atomic E-state index is 5.37. The third-order valence-electron chi connectivity index (χ3n) is 3.63. The Morgan fingerprint density at radius 3 is 2.00 bits per heavy atom. The largest absolute Gasteiger partial charge is 0.120 e. The molecule has 0 atom stereocenters.